The van der Waals surface area contributed by atoms with Crippen LogP contribution in [0.25, 0.3) is 10.8 Å². The van der Waals surface area contributed by atoms with Gasteiger partial charge in [0.05, 0.1) is 27.0 Å². The van der Waals surface area contributed by atoms with Crippen molar-refractivity contribution in [1.82, 2.24) is 5.43 Å². The zero-order valence-electron chi connectivity index (χ0n) is 16.8. The molecule has 0 fully saturated rings. The number of hydrogen-bond acceptors (Lipinski definition) is 5. The number of nitrogens with one attached hydrogen (secondary N) is 2. The summed E-state index contributed by atoms with van der Waals surface area (Å²) in [7, 11) is 4.85. The largest absolute Gasteiger partial charge is 0.497 e. The Morgan fingerprint density at radius 2 is 1.55 bits per heavy atom. The normalized spacial score (nSPS) is 11.1. The molecule has 0 bridgehead atoms. The van der Waals surface area contributed by atoms with E-state index in [0.29, 0.717) is 16.6 Å². The summed E-state index contributed by atoms with van der Waals surface area (Å²) in [5.41, 5.74) is 5.47. The van der Waals surface area contributed by atoms with E-state index in [4.69, 9.17) is 26.4 Å². The lowest BCUT2D eigenvalue weighted by atomic mass is 10.0. The van der Waals surface area contributed by atoms with Crippen molar-refractivity contribution in [2.75, 3.05) is 26.6 Å². The molecule has 0 aromatic heterocycles. The van der Waals surface area contributed by atoms with E-state index in [1.54, 1.807) is 27.4 Å². The van der Waals surface area contributed by atoms with Crippen molar-refractivity contribution in [2.24, 2.45) is 5.10 Å². The molecule has 0 amide bonds. The molecule has 0 saturated carbocycles. The summed E-state index contributed by atoms with van der Waals surface area (Å²) < 4.78 is 15.8. The molecule has 0 atom stereocenters. The maximum absolute atomic E-state index is 5.33. The molecule has 0 saturated heterocycles. The van der Waals surface area contributed by atoms with Gasteiger partial charge in [0.2, 0.25) is 0 Å². The predicted molar refractivity (Wildman–Crippen MR) is 122 cm³/mol. The first-order chi connectivity index (χ1) is 14.0. The summed E-state index contributed by atoms with van der Waals surface area (Å²) in [6.07, 6.45) is 0. The maximum atomic E-state index is 5.33. The van der Waals surface area contributed by atoms with Gasteiger partial charge in [0, 0.05) is 11.8 Å². The van der Waals surface area contributed by atoms with E-state index in [1.165, 1.54) is 0 Å². The SMILES string of the molecule is COc1ccc2cc(/C(C)=N\NC(=S)Nc3ccc(OC)c(OC)c3)ccc2c1. The van der Waals surface area contributed by atoms with Gasteiger partial charge in [0.15, 0.2) is 16.6 Å². The fourth-order valence-electron chi connectivity index (χ4n) is 2.85. The number of fused-ring (bicyclic) bond motifs is 1. The zero-order valence-corrected chi connectivity index (χ0v) is 17.6. The fourth-order valence-corrected chi connectivity index (χ4v) is 3.01. The van der Waals surface area contributed by atoms with E-state index in [9.17, 15) is 0 Å². The summed E-state index contributed by atoms with van der Waals surface area (Å²) in [4.78, 5) is 0. The van der Waals surface area contributed by atoms with Gasteiger partial charge in [0.1, 0.15) is 5.75 Å². The van der Waals surface area contributed by atoms with Crippen LogP contribution in [0.1, 0.15) is 12.5 Å². The Bertz CT molecular complexity index is 1070. The van der Waals surface area contributed by atoms with Crippen molar-refractivity contribution >= 4 is 39.5 Å². The van der Waals surface area contributed by atoms with Gasteiger partial charge in [-0.1, -0.05) is 18.2 Å². The minimum Gasteiger partial charge on any atom is -0.497 e. The van der Waals surface area contributed by atoms with Crippen molar-refractivity contribution in [3.63, 3.8) is 0 Å². The van der Waals surface area contributed by atoms with Crippen molar-refractivity contribution in [3.8, 4) is 17.2 Å². The van der Waals surface area contributed by atoms with Gasteiger partial charge >= 0.3 is 0 Å². The van der Waals surface area contributed by atoms with Crippen molar-refractivity contribution in [1.29, 1.82) is 0 Å². The molecule has 0 spiro atoms. The molecule has 29 heavy (non-hydrogen) atoms. The van der Waals surface area contributed by atoms with Gasteiger partial charge in [-0.25, -0.2) is 0 Å². The fraction of sp³-hybridized carbons (Fsp3) is 0.182. The van der Waals surface area contributed by atoms with E-state index < -0.39 is 0 Å². The van der Waals surface area contributed by atoms with E-state index >= 15 is 0 Å². The van der Waals surface area contributed by atoms with Gasteiger partial charge in [-0.3, -0.25) is 5.43 Å². The molecule has 3 aromatic rings. The second kappa shape index (κ2) is 9.25. The Morgan fingerprint density at radius 1 is 0.828 bits per heavy atom. The van der Waals surface area contributed by atoms with Crippen LogP contribution in [0.15, 0.2) is 59.7 Å². The Labute approximate surface area is 175 Å². The molecule has 3 aromatic carbocycles. The third-order valence-electron chi connectivity index (χ3n) is 4.43. The minimum absolute atomic E-state index is 0.377. The summed E-state index contributed by atoms with van der Waals surface area (Å²) in [5.74, 6) is 2.11. The molecule has 0 unspecified atom stereocenters. The van der Waals surface area contributed by atoms with Gasteiger partial charge in [-0.05, 0) is 65.8 Å². The Balaban J connectivity index is 1.69. The average Bonchev–Trinajstić information content (AvgIpc) is 2.76. The second-order valence-electron chi connectivity index (χ2n) is 6.26. The first-order valence-corrected chi connectivity index (χ1v) is 9.36. The van der Waals surface area contributed by atoms with Gasteiger partial charge in [-0.15, -0.1) is 0 Å². The quantitative estimate of drug-likeness (QED) is 0.353. The number of benzene rings is 3. The summed E-state index contributed by atoms with van der Waals surface area (Å²) in [6, 6.07) is 17.6. The molecule has 0 aliphatic heterocycles. The van der Waals surface area contributed by atoms with Crippen LogP contribution in [-0.2, 0) is 0 Å². The van der Waals surface area contributed by atoms with Crippen LogP contribution in [0, 0.1) is 0 Å². The van der Waals surface area contributed by atoms with Crippen LogP contribution < -0.4 is 25.0 Å². The van der Waals surface area contributed by atoms with E-state index in [1.807, 2.05) is 49.4 Å². The van der Waals surface area contributed by atoms with E-state index in [-0.39, 0.29) is 0 Å². The highest BCUT2D eigenvalue weighted by molar-refractivity contribution is 7.80. The first kappa shape index (κ1) is 20.4. The summed E-state index contributed by atoms with van der Waals surface area (Å²) >= 11 is 5.33. The van der Waals surface area contributed by atoms with Crippen LogP contribution >= 0.6 is 12.2 Å². The van der Waals surface area contributed by atoms with Crippen LogP contribution in [0.5, 0.6) is 17.2 Å². The highest BCUT2D eigenvalue weighted by Gasteiger charge is 2.06. The average molecular weight is 410 g/mol. The standard InChI is InChI=1S/C22H23N3O3S/c1-14(15-5-6-17-12-19(26-2)9-7-16(17)11-15)24-25-22(29)23-18-8-10-20(27-3)21(13-18)28-4/h5-13H,1-4H3,(H2,23,25,29)/b24-14-. The van der Waals surface area contributed by atoms with Gasteiger partial charge in [-0.2, -0.15) is 5.10 Å². The number of thiocarbonyl (C=S) groups is 1. The number of rotatable bonds is 6. The molecule has 3 rings (SSSR count). The highest BCUT2D eigenvalue weighted by Crippen LogP contribution is 2.29. The monoisotopic (exact) mass is 409 g/mol. The lowest BCUT2D eigenvalue weighted by Crippen LogP contribution is -2.25. The molecule has 150 valence electrons. The number of methoxy groups -OCH3 is 3. The van der Waals surface area contributed by atoms with Gasteiger partial charge in [0.25, 0.3) is 0 Å². The third-order valence-corrected chi connectivity index (χ3v) is 4.63. The van der Waals surface area contributed by atoms with E-state index in [2.05, 4.69) is 21.9 Å². The Morgan fingerprint density at radius 3 is 2.28 bits per heavy atom. The van der Waals surface area contributed by atoms with Crippen LogP contribution in [0.2, 0.25) is 0 Å². The second-order valence-corrected chi connectivity index (χ2v) is 6.67. The third kappa shape index (κ3) is 4.94. The Kier molecular flexibility index (Phi) is 6.51. The summed E-state index contributed by atoms with van der Waals surface area (Å²) in [6.45, 7) is 1.93. The number of ether oxygens (including phenoxy) is 3. The minimum atomic E-state index is 0.377. The molecule has 0 radical (unpaired) electrons. The van der Waals surface area contributed by atoms with E-state index in [0.717, 1.165) is 33.5 Å². The highest BCUT2D eigenvalue weighted by atomic mass is 32.1. The van der Waals surface area contributed by atoms with Crippen molar-refractivity contribution < 1.29 is 14.2 Å². The topological polar surface area (TPSA) is 64.1 Å². The van der Waals surface area contributed by atoms with Crippen molar-refractivity contribution in [2.45, 2.75) is 6.92 Å². The molecule has 2 N–H and O–H groups in total. The number of anilines is 1. The molecule has 0 aliphatic carbocycles. The van der Waals surface area contributed by atoms with Crippen molar-refractivity contribution in [3.05, 3.63) is 60.2 Å². The molecular formula is C22H23N3O3S. The number of hydrogen-bond donors (Lipinski definition) is 2. The lowest BCUT2D eigenvalue weighted by Gasteiger charge is -2.12. The van der Waals surface area contributed by atoms with Crippen LogP contribution in [-0.4, -0.2) is 32.2 Å². The van der Waals surface area contributed by atoms with Gasteiger partial charge < -0.3 is 19.5 Å². The maximum Gasteiger partial charge on any atom is 0.191 e. The molecule has 7 heteroatoms. The molecular weight excluding hydrogens is 386 g/mol. The summed E-state index contributed by atoms with van der Waals surface area (Å²) in [5, 5.41) is 10.1. The molecule has 0 aliphatic rings. The van der Waals surface area contributed by atoms with Crippen LogP contribution in [0.4, 0.5) is 5.69 Å². The number of hydrazone groups is 1. The first-order valence-electron chi connectivity index (χ1n) is 8.95. The predicted octanol–water partition coefficient (Wildman–Crippen LogP) is 4.58. The molecule has 6 nitrogen and oxygen atoms in total. The number of nitrogens with zero attached hydrogens (tertiary/aromatic N) is 1. The smallest absolute Gasteiger partial charge is 0.191 e. The Hall–Kier alpha value is -3.32. The zero-order chi connectivity index (χ0) is 20.8. The van der Waals surface area contributed by atoms with Crippen LogP contribution in [0.3, 0.4) is 0 Å². The molecule has 0 heterocycles. The lowest BCUT2D eigenvalue weighted by molar-refractivity contribution is 0.355.